The van der Waals surface area contributed by atoms with Gasteiger partial charge in [0.2, 0.25) is 0 Å². The molecular formula is C21H17BrO5. The Balaban J connectivity index is 1.97. The molecule has 5 nitrogen and oxygen atoms in total. The minimum atomic E-state index is -1.66. The summed E-state index contributed by atoms with van der Waals surface area (Å²) in [6.07, 6.45) is 0.307. The van der Waals surface area contributed by atoms with Crippen LogP contribution in [-0.4, -0.2) is 24.8 Å². The number of carbonyl (C=O) groups is 3. The highest BCUT2D eigenvalue weighted by Crippen LogP contribution is 2.80. The molecule has 0 N–H and O–H groups in total. The van der Waals surface area contributed by atoms with Crippen LogP contribution in [0.5, 0.6) is 5.75 Å². The van der Waals surface area contributed by atoms with E-state index in [0.29, 0.717) is 23.3 Å². The van der Waals surface area contributed by atoms with Crippen molar-refractivity contribution >= 4 is 33.7 Å². The largest absolute Gasteiger partial charge is 0.468 e. The van der Waals surface area contributed by atoms with Crippen LogP contribution in [0.2, 0.25) is 0 Å². The maximum Gasteiger partial charge on any atom is 0.330 e. The van der Waals surface area contributed by atoms with Crippen LogP contribution in [0, 0.1) is 10.8 Å². The fourth-order valence-electron chi connectivity index (χ4n) is 4.70. The Bertz CT molecular complexity index is 970. The maximum atomic E-state index is 13.6. The molecule has 3 atom stereocenters. The summed E-state index contributed by atoms with van der Waals surface area (Å²) >= 11 is 3.42. The zero-order chi connectivity index (χ0) is 19.4. The van der Waals surface area contributed by atoms with Gasteiger partial charge in [-0.2, -0.15) is 0 Å². The van der Waals surface area contributed by atoms with Crippen molar-refractivity contribution in [1.29, 1.82) is 0 Å². The van der Waals surface area contributed by atoms with Crippen molar-refractivity contribution in [2.24, 2.45) is 10.8 Å². The molecular weight excluding hydrogens is 412 g/mol. The molecule has 0 spiro atoms. The van der Waals surface area contributed by atoms with E-state index < -0.39 is 28.7 Å². The zero-order valence-electron chi connectivity index (χ0n) is 14.8. The lowest BCUT2D eigenvalue weighted by molar-refractivity contribution is -0.160. The fourth-order valence-corrected chi connectivity index (χ4v) is 5.08. The Morgan fingerprint density at radius 3 is 2.52 bits per heavy atom. The summed E-state index contributed by atoms with van der Waals surface area (Å²) in [5.74, 6) is -1.94. The topological polar surface area (TPSA) is 69.7 Å². The van der Waals surface area contributed by atoms with Crippen molar-refractivity contribution in [1.82, 2.24) is 0 Å². The number of hydrogen-bond acceptors (Lipinski definition) is 5. The van der Waals surface area contributed by atoms with Crippen molar-refractivity contribution in [2.45, 2.75) is 19.3 Å². The van der Waals surface area contributed by atoms with Crippen molar-refractivity contribution in [3.05, 3.63) is 64.1 Å². The summed E-state index contributed by atoms with van der Waals surface area (Å²) in [7, 11) is 1.23. The van der Waals surface area contributed by atoms with Gasteiger partial charge in [-0.15, -0.1) is 0 Å². The third-order valence-electron chi connectivity index (χ3n) is 5.86. The first-order chi connectivity index (χ1) is 12.9. The number of halogens is 1. The molecule has 2 aromatic carbocycles. The number of methoxy groups -OCH3 is 1. The molecule has 2 aliphatic rings. The van der Waals surface area contributed by atoms with E-state index in [2.05, 4.69) is 15.9 Å². The van der Waals surface area contributed by atoms with Crippen molar-refractivity contribution in [2.75, 3.05) is 7.11 Å². The monoisotopic (exact) mass is 428 g/mol. The average molecular weight is 429 g/mol. The molecule has 2 aromatic rings. The highest BCUT2D eigenvalue weighted by Gasteiger charge is 2.90. The Hall–Kier alpha value is -2.47. The minimum absolute atomic E-state index is 0.245. The molecule has 1 saturated carbocycles. The van der Waals surface area contributed by atoms with Gasteiger partial charge in [-0.1, -0.05) is 53.2 Å². The Kier molecular flexibility index (Phi) is 4.00. The van der Waals surface area contributed by atoms with Crippen LogP contribution < -0.4 is 4.74 Å². The second-order valence-electron chi connectivity index (χ2n) is 6.82. The molecule has 0 unspecified atom stereocenters. The predicted molar refractivity (Wildman–Crippen MR) is 100 cm³/mol. The van der Waals surface area contributed by atoms with E-state index in [1.54, 1.807) is 42.5 Å². The summed E-state index contributed by atoms with van der Waals surface area (Å²) in [5, 5.41) is 0. The number of ether oxygens (including phenoxy) is 2. The normalized spacial score (nSPS) is 27.8. The van der Waals surface area contributed by atoms with Gasteiger partial charge < -0.3 is 9.47 Å². The fraction of sp³-hybridized carbons (Fsp3) is 0.286. The van der Waals surface area contributed by atoms with Crippen LogP contribution >= 0.6 is 15.9 Å². The van der Waals surface area contributed by atoms with Crippen LogP contribution in [0.4, 0.5) is 0 Å². The summed E-state index contributed by atoms with van der Waals surface area (Å²) in [4.78, 5) is 39.5. The summed E-state index contributed by atoms with van der Waals surface area (Å²) in [6.45, 7) is 1.81. The number of Topliss-reactive ketones (excluding diaryl/α,β-unsaturated/α-hetero) is 1. The van der Waals surface area contributed by atoms with Crippen LogP contribution in [-0.2, 0) is 14.3 Å². The van der Waals surface area contributed by atoms with Gasteiger partial charge in [0.1, 0.15) is 5.75 Å². The van der Waals surface area contributed by atoms with E-state index in [9.17, 15) is 14.4 Å². The van der Waals surface area contributed by atoms with Crippen LogP contribution in [0.3, 0.4) is 0 Å². The zero-order valence-corrected chi connectivity index (χ0v) is 16.4. The Morgan fingerprint density at radius 2 is 1.89 bits per heavy atom. The van der Waals surface area contributed by atoms with Crippen molar-refractivity contribution < 1.29 is 23.9 Å². The first-order valence-corrected chi connectivity index (χ1v) is 9.44. The SMILES string of the molecule is CC[C@@]1(C(=O)c2ccccc2)[C@H]2c3cc(Br)ccc3OC(=O)[C@@]21C(=O)OC. The highest BCUT2D eigenvalue weighted by atomic mass is 79.9. The van der Waals surface area contributed by atoms with E-state index in [-0.39, 0.29) is 5.78 Å². The van der Waals surface area contributed by atoms with Gasteiger partial charge in [0, 0.05) is 21.5 Å². The molecule has 0 saturated heterocycles. The molecule has 27 heavy (non-hydrogen) atoms. The molecule has 4 rings (SSSR count). The molecule has 1 fully saturated rings. The molecule has 6 heteroatoms. The summed E-state index contributed by atoms with van der Waals surface area (Å²) in [6, 6.07) is 14.0. The lowest BCUT2D eigenvalue weighted by Gasteiger charge is -2.22. The molecule has 0 aromatic heterocycles. The van der Waals surface area contributed by atoms with Crippen LogP contribution in [0.25, 0.3) is 0 Å². The van der Waals surface area contributed by atoms with Gasteiger partial charge in [0.05, 0.1) is 12.5 Å². The van der Waals surface area contributed by atoms with Crippen molar-refractivity contribution in [3.8, 4) is 5.75 Å². The number of ketones is 1. The van der Waals surface area contributed by atoms with Gasteiger partial charge in [-0.3, -0.25) is 14.4 Å². The summed E-state index contributed by atoms with van der Waals surface area (Å²) < 4.78 is 11.3. The molecule has 0 radical (unpaired) electrons. The number of benzene rings is 2. The first-order valence-electron chi connectivity index (χ1n) is 8.65. The van der Waals surface area contributed by atoms with Gasteiger partial charge in [0.15, 0.2) is 11.2 Å². The number of rotatable bonds is 4. The Labute approximate surface area is 164 Å². The quantitative estimate of drug-likeness (QED) is 0.319. The van der Waals surface area contributed by atoms with Gasteiger partial charge in [-0.25, -0.2) is 0 Å². The van der Waals surface area contributed by atoms with Gasteiger partial charge in [-0.05, 0) is 24.6 Å². The third-order valence-corrected chi connectivity index (χ3v) is 6.35. The first kappa shape index (κ1) is 17.9. The van der Waals surface area contributed by atoms with Crippen LogP contribution in [0.1, 0.15) is 35.2 Å². The van der Waals surface area contributed by atoms with Crippen LogP contribution in [0.15, 0.2) is 53.0 Å². The molecule has 0 bridgehead atoms. The molecule has 1 aliphatic heterocycles. The van der Waals surface area contributed by atoms with Crippen molar-refractivity contribution in [3.63, 3.8) is 0 Å². The Morgan fingerprint density at radius 1 is 1.19 bits per heavy atom. The number of fused-ring (bicyclic) bond motifs is 3. The highest BCUT2D eigenvalue weighted by molar-refractivity contribution is 9.10. The standard InChI is InChI=1S/C21H17BrO5/c1-3-20(17(23)12-7-5-4-6-8-12)16-14-11-13(22)9-10-15(14)27-19(25)21(16,20)18(24)26-2/h4-11,16H,3H2,1-2H3/t16-,20+,21+/m1/s1. The van der Waals surface area contributed by atoms with E-state index >= 15 is 0 Å². The minimum Gasteiger partial charge on any atom is -0.468 e. The number of hydrogen-bond donors (Lipinski definition) is 0. The predicted octanol–water partition coefficient (Wildman–Crippen LogP) is 3.90. The number of esters is 2. The van der Waals surface area contributed by atoms with Gasteiger partial charge >= 0.3 is 11.9 Å². The smallest absolute Gasteiger partial charge is 0.330 e. The van der Waals surface area contributed by atoms with Gasteiger partial charge in [0.25, 0.3) is 0 Å². The van der Waals surface area contributed by atoms with E-state index in [1.165, 1.54) is 7.11 Å². The molecule has 1 heterocycles. The van der Waals surface area contributed by atoms with E-state index in [1.807, 2.05) is 13.0 Å². The third kappa shape index (κ3) is 2.07. The second-order valence-corrected chi connectivity index (χ2v) is 7.74. The molecule has 1 aliphatic carbocycles. The lowest BCUT2D eigenvalue weighted by atomic mass is 9.83. The maximum absolute atomic E-state index is 13.6. The average Bonchev–Trinajstić information content (AvgIpc) is 3.35. The number of carbonyl (C=O) groups excluding carboxylic acids is 3. The summed E-state index contributed by atoms with van der Waals surface area (Å²) in [5.41, 5.74) is -1.76. The molecule has 0 amide bonds. The lowest BCUT2D eigenvalue weighted by Crippen LogP contribution is -2.40. The molecule has 138 valence electrons. The van der Waals surface area contributed by atoms with E-state index in [0.717, 1.165) is 4.47 Å². The van der Waals surface area contributed by atoms with E-state index in [4.69, 9.17) is 9.47 Å². The second kappa shape index (κ2) is 6.02.